The zero-order valence-corrected chi connectivity index (χ0v) is 19.2. The van der Waals surface area contributed by atoms with Crippen molar-refractivity contribution in [1.82, 2.24) is 0 Å². The fourth-order valence-corrected chi connectivity index (χ4v) is 4.59. The summed E-state index contributed by atoms with van der Waals surface area (Å²) in [6.45, 7) is 5.63. The molecule has 0 saturated heterocycles. The van der Waals surface area contributed by atoms with E-state index < -0.39 is 0 Å². The number of aromatic nitrogens is 1. The highest BCUT2D eigenvalue weighted by molar-refractivity contribution is 7.99. The molecule has 0 aliphatic carbocycles. The molecule has 1 aromatic heterocycles. The molecule has 0 spiro atoms. The number of hydrogen-bond acceptors (Lipinski definition) is 1. The molecule has 27 heavy (non-hydrogen) atoms. The molecule has 1 nitrogen and oxygen atoms in total. The molecule has 0 radical (unpaired) electrons. The summed E-state index contributed by atoms with van der Waals surface area (Å²) in [7, 11) is 0. The van der Waals surface area contributed by atoms with Gasteiger partial charge in [0.25, 0.3) is 0 Å². The average Bonchev–Trinajstić information content (AvgIpc) is 2.67. The second-order valence-electron chi connectivity index (χ2n) is 8.18. The highest BCUT2D eigenvalue weighted by atomic mass is 32.2. The van der Waals surface area contributed by atoms with E-state index in [1.54, 1.807) is 0 Å². The van der Waals surface area contributed by atoms with Gasteiger partial charge in [0.15, 0.2) is 12.4 Å². The van der Waals surface area contributed by atoms with E-state index in [-0.39, 0.29) is 0 Å². The lowest BCUT2D eigenvalue weighted by Crippen LogP contribution is -2.33. The summed E-state index contributed by atoms with van der Waals surface area (Å²) in [5.74, 6) is 2.66. The number of aryl methyl sites for hydroxylation is 2. The van der Waals surface area contributed by atoms with Crippen molar-refractivity contribution in [3.05, 3.63) is 30.1 Å². The summed E-state index contributed by atoms with van der Waals surface area (Å²) in [5.41, 5.74) is 1.35. The van der Waals surface area contributed by atoms with Crippen molar-refractivity contribution < 1.29 is 4.57 Å². The smallest absolute Gasteiger partial charge is 0.171 e. The van der Waals surface area contributed by atoms with Crippen LogP contribution in [0.5, 0.6) is 0 Å². The van der Waals surface area contributed by atoms with E-state index in [0.29, 0.717) is 0 Å². The van der Waals surface area contributed by atoms with Crippen LogP contribution in [0, 0.1) is 6.92 Å². The van der Waals surface area contributed by atoms with Crippen LogP contribution in [0.4, 0.5) is 0 Å². The lowest BCUT2D eigenvalue weighted by Gasteiger charge is -2.03. The van der Waals surface area contributed by atoms with E-state index >= 15 is 0 Å². The van der Waals surface area contributed by atoms with Gasteiger partial charge in [-0.25, -0.2) is 4.57 Å². The first-order chi connectivity index (χ1) is 13.3. The molecule has 156 valence electrons. The Hall–Kier alpha value is -0.500. The van der Waals surface area contributed by atoms with E-state index in [9.17, 15) is 0 Å². The van der Waals surface area contributed by atoms with Gasteiger partial charge >= 0.3 is 0 Å². The molecule has 0 amide bonds. The minimum Gasteiger partial charge on any atom is -0.205 e. The summed E-state index contributed by atoms with van der Waals surface area (Å²) in [5, 5.41) is 0. The summed E-state index contributed by atoms with van der Waals surface area (Å²) in [6, 6.07) is 4.32. The minimum atomic E-state index is 1.16. The van der Waals surface area contributed by atoms with Gasteiger partial charge in [-0.15, -0.1) is 0 Å². The third-order valence-electron chi connectivity index (χ3n) is 5.35. The zero-order chi connectivity index (χ0) is 19.4. The first-order valence-electron chi connectivity index (χ1n) is 11.9. The highest BCUT2D eigenvalue weighted by Gasteiger charge is 2.00. The van der Waals surface area contributed by atoms with Crippen LogP contribution in [-0.4, -0.2) is 11.5 Å². The van der Waals surface area contributed by atoms with E-state index in [4.69, 9.17) is 0 Å². The van der Waals surface area contributed by atoms with Gasteiger partial charge in [-0.1, -0.05) is 90.4 Å². The van der Waals surface area contributed by atoms with Crippen molar-refractivity contribution in [2.45, 2.75) is 117 Å². The van der Waals surface area contributed by atoms with E-state index in [1.165, 1.54) is 113 Å². The van der Waals surface area contributed by atoms with Gasteiger partial charge in [0.05, 0.1) is 0 Å². The first kappa shape index (κ1) is 24.5. The molecular weight excluding hydrogens is 346 g/mol. The SMILES string of the molecule is CCCCCCCCCCCCCCCCSCCC[n+]1cccc(C)c1. The Balaban J connectivity index is 1.72. The average molecular weight is 393 g/mol. The molecule has 0 saturated carbocycles. The van der Waals surface area contributed by atoms with Gasteiger partial charge in [-0.2, -0.15) is 11.8 Å². The van der Waals surface area contributed by atoms with Crippen LogP contribution in [0.25, 0.3) is 0 Å². The lowest BCUT2D eigenvalue weighted by molar-refractivity contribution is -0.697. The summed E-state index contributed by atoms with van der Waals surface area (Å²) >= 11 is 2.15. The lowest BCUT2D eigenvalue weighted by atomic mass is 10.0. The maximum atomic E-state index is 2.32. The van der Waals surface area contributed by atoms with Crippen LogP contribution in [0.1, 0.15) is 109 Å². The Kier molecular flexibility index (Phi) is 17.1. The molecule has 0 fully saturated rings. The number of thioether (sulfide) groups is 1. The molecule has 2 heteroatoms. The predicted octanol–water partition coefficient (Wildman–Crippen LogP) is 7.89. The molecule has 1 heterocycles. The Bertz CT molecular complexity index is 432. The van der Waals surface area contributed by atoms with Gasteiger partial charge in [0, 0.05) is 18.1 Å². The molecule has 1 aromatic rings. The van der Waals surface area contributed by atoms with Crippen LogP contribution in [0.2, 0.25) is 0 Å². The van der Waals surface area contributed by atoms with Crippen molar-refractivity contribution in [3.63, 3.8) is 0 Å². The van der Waals surface area contributed by atoms with Crippen LogP contribution in [0.3, 0.4) is 0 Å². The molecule has 1 rings (SSSR count). The highest BCUT2D eigenvalue weighted by Crippen LogP contribution is 2.14. The van der Waals surface area contributed by atoms with Crippen molar-refractivity contribution in [2.24, 2.45) is 0 Å². The van der Waals surface area contributed by atoms with Crippen molar-refractivity contribution in [3.8, 4) is 0 Å². The van der Waals surface area contributed by atoms with Gasteiger partial charge in [-0.3, -0.25) is 0 Å². The monoisotopic (exact) mass is 392 g/mol. The van der Waals surface area contributed by atoms with E-state index in [0.717, 1.165) is 6.54 Å². The zero-order valence-electron chi connectivity index (χ0n) is 18.4. The van der Waals surface area contributed by atoms with Crippen LogP contribution < -0.4 is 4.57 Å². The molecular formula is C25H46NS+. The van der Waals surface area contributed by atoms with Crippen LogP contribution >= 0.6 is 11.8 Å². The standard InChI is InChI=1S/C25H46NS/c1-3-4-5-6-7-8-9-10-11-12-13-14-15-16-22-27-23-18-21-26-20-17-19-25(2)24-26/h17,19-20,24H,3-16,18,21-23H2,1-2H3/q+1. The van der Waals surface area contributed by atoms with Crippen molar-refractivity contribution >= 4 is 11.8 Å². The van der Waals surface area contributed by atoms with E-state index in [2.05, 4.69) is 54.7 Å². The largest absolute Gasteiger partial charge is 0.205 e. The topological polar surface area (TPSA) is 3.88 Å². The van der Waals surface area contributed by atoms with Gasteiger partial charge in [0.1, 0.15) is 6.54 Å². The first-order valence-corrected chi connectivity index (χ1v) is 13.0. The predicted molar refractivity (Wildman–Crippen MR) is 124 cm³/mol. The van der Waals surface area contributed by atoms with E-state index in [1.807, 2.05) is 0 Å². The molecule has 0 aliphatic heterocycles. The van der Waals surface area contributed by atoms with Gasteiger partial charge < -0.3 is 0 Å². The summed E-state index contributed by atoms with van der Waals surface area (Å²) < 4.78 is 2.32. The third-order valence-corrected chi connectivity index (χ3v) is 6.51. The third kappa shape index (κ3) is 16.2. The fraction of sp³-hybridized carbons (Fsp3) is 0.800. The quantitative estimate of drug-likeness (QED) is 0.171. The van der Waals surface area contributed by atoms with Crippen LogP contribution in [0.15, 0.2) is 24.5 Å². The maximum Gasteiger partial charge on any atom is 0.171 e. The number of nitrogens with zero attached hydrogens (tertiary/aromatic N) is 1. The fourth-order valence-electron chi connectivity index (χ4n) is 3.64. The second kappa shape index (κ2) is 18.8. The number of rotatable bonds is 19. The van der Waals surface area contributed by atoms with Gasteiger partial charge in [0.2, 0.25) is 0 Å². The van der Waals surface area contributed by atoms with Gasteiger partial charge in [-0.05, 0) is 30.9 Å². The minimum absolute atomic E-state index is 1.16. The molecule has 0 N–H and O–H groups in total. The number of hydrogen-bond donors (Lipinski definition) is 0. The molecule has 0 unspecified atom stereocenters. The Morgan fingerprint density at radius 2 is 1.22 bits per heavy atom. The number of unbranched alkanes of at least 4 members (excludes halogenated alkanes) is 13. The summed E-state index contributed by atoms with van der Waals surface area (Å²) in [6.07, 6.45) is 26.1. The van der Waals surface area contributed by atoms with Crippen molar-refractivity contribution in [1.29, 1.82) is 0 Å². The van der Waals surface area contributed by atoms with Crippen LogP contribution in [-0.2, 0) is 6.54 Å². The normalized spacial score (nSPS) is 11.2. The molecule has 0 aliphatic rings. The van der Waals surface area contributed by atoms with Crippen molar-refractivity contribution in [2.75, 3.05) is 11.5 Å². The number of pyridine rings is 1. The Morgan fingerprint density at radius 3 is 1.78 bits per heavy atom. The maximum absolute atomic E-state index is 2.32. The molecule has 0 atom stereocenters. The molecule has 0 bridgehead atoms. The Morgan fingerprint density at radius 1 is 0.704 bits per heavy atom. The second-order valence-corrected chi connectivity index (χ2v) is 9.41. The Labute approximate surface area is 174 Å². The molecule has 0 aromatic carbocycles. The summed E-state index contributed by atoms with van der Waals surface area (Å²) in [4.78, 5) is 0.